The molecule has 0 radical (unpaired) electrons. The maximum absolute atomic E-state index is 12.0. The van der Waals surface area contributed by atoms with Gasteiger partial charge in [-0.25, -0.2) is 9.59 Å². The molecule has 0 fully saturated rings. The first-order valence-electron chi connectivity index (χ1n) is 37.8. The Morgan fingerprint density at radius 1 is 0.407 bits per heavy atom. The van der Waals surface area contributed by atoms with Gasteiger partial charge in [0.05, 0.1) is 68.8 Å². The van der Waals surface area contributed by atoms with Crippen molar-refractivity contribution in [2.45, 2.75) is 187 Å². The van der Waals surface area contributed by atoms with E-state index in [0.29, 0.717) is 19.1 Å². The molecule has 0 aliphatic heterocycles. The number of pyridine rings is 6. The molecule has 3 aromatic carbocycles. The number of hydrogen-bond donors (Lipinski definition) is 6. The standard InChI is InChI=1S/2C30H37N5O2.C25H29N5.4ClH/c2*1-30(2,3)37-29(36)33-16-6-7-19-35(26-14-8-10-21-11-9-17-32-27(21)26)20-25-28-23(15-18-31-25)22-12-4-5-13-24(22)34-28;26-13-3-4-16-30(23-11-5-7-18-8-6-14-28-24(18)23)17-22-25-20(12-15-27-22)19-9-1-2-10-21(19)29-25;;;;/h2*4-5,9,11-13,15,17-18,26,34H,6-8,10,14,16,19-20H2,1-3H3,(H,33,36);1-2,6,8-10,12,14-15,23,29H,3-5,7,11,13,16-17,26H2;4*1H. The predicted octanol–water partition coefficient (Wildman–Crippen LogP) is 19.0. The van der Waals surface area contributed by atoms with Gasteiger partial charge in [-0.15, -0.1) is 49.6 Å². The zero-order valence-corrected chi connectivity index (χ0v) is 66.4. The average molecular weight is 1540 g/mol. The Morgan fingerprint density at radius 3 is 1.04 bits per heavy atom. The van der Waals surface area contributed by atoms with Gasteiger partial charge in [0.1, 0.15) is 11.2 Å². The quantitative estimate of drug-likeness (QED) is 0.0327. The molecule has 108 heavy (non-hydrogen) atoms. The Morgan fingerprint density at radius 2 is 0.722 bits per heavy atom. The van der Waals surface area contributed by atoms with Crippen molar-refractivity contribution in [1.82, 2.24) is 70.2 Å². The van der Waals surface area contributed by atoms with Gasteiger partial charge >= 0.3 is 12.2 Å². The maximum Gasteiger partial charge on any atom is 0.407 e. The van der Waals surface area contributed by atoms with Crippen molar-refractivity contribution >= 4 is 127 Å². The molecule has 0 bridgehead atoms. The molecule has 3 aliphatic carbocycles. The molecule has 7 N–H and O–H groups in total. The van der Waals surface area contributed by atoms with Gasteiger partial charge in [0.15, 0.2) is 0 Å². The number of para-hydroxylation sites is 3. The molecule has 3 atom stereocenters. The molecule has 0 saturated carbocycles. The third-order valence-electron chi connectivity index (χ3n) is 20.4. The van der Waals surface area contributed by atoms with E-state index in [9.17, 15) is 9.59 Å². The van der Waals surface area contributed by atoms with E-state index in [0.717, 1.165) is 180 Å². The second-order valence-electron chi connectivity index (χ2n) is 30.1. The number of benzene rings is 3. The second-order valence-corrected chi connectivity index (χ2v) is 30.1. The Bertz CT molecular complexity index is 4670. The predicted molar refractivity (Wildman–Crippen MR) is 446 cm³/mol. The molecular weight excluding hydrogens is 1440 g/mol. The number of carbonyl (C=O) groups excluding carboxylic acids is 2. The molecule has 9 heterocycles. The SMILES string of the molecule is CC(C)(C)OC(=O)NCCCCN(Cc1nccc2c1[nH]c1ccccc12)C1CCCc2cccnc21.CC(C)(C)OC(=O)NCCCCN(Cc1nccc2c1[nH]c1ccccc12)C1CCCc2cccnc21.Cl.Cl.Cl.Cl.NCCCCN(Cc1nccc2c1[nH]c1ccccc12)C1CCCc2cccnc21. The number of halogens is 4. The Kier molecular flexibility index (Phi) is 30.3. The van der Waals surface area contributed by atoms with Crippen LogP contribution in [0.15, 0.2) is 165 Å². The summed E-state index contributed by atoms with van der Waals surface area (Å²) in [6.45, 7) is 18.3. The lowest BCUT2D eigenvalue weighted by Gasteiger charge is -2.35. The first kappa shape index (κ1) is 83.5. The summed E-state index contributed by atoms with van der Waals surface area (Å²) in [4.78, 5) is 71.4. The Labute approximate surface area is 659 Å². The maximum atomic E-state index is 12.0. The number of aromatic amines is 3. The van der Waals surface area contributed by atoms with E-state index in [-0.39, 0.29) is 73.9 Å². The number of amides is 2. The fourth-order valence-electron chi connectivity index (χ4n) is 15.6. The highest BCUT2D eigenvalue weighted by Crippen LogP contribution is 2.39. The highest BCUT2D eigenvalue weighted by atomic mass is 35.5. The molecule has 19 nitrogen and oxygen atoms in total. The van der Waals surface area contributed by atoms with Crippen molar-refractivity contribution in [2.75, 3.05) is 39.3 Å². The fraction of sp³-hybridized carbons (Fsp3) is 0.412. The molecule has 12 aromatic rings. The Balaban J connectivity index is 0.000000185. The number of nitrogens with zero attached hydrogens (tertiary/aromatic N) is 9. The molecule has 0 saturated heterocycles. The number of aromatic nitrogens is 9. The number of rotatable bonds is 23. The van der Waals surface area contributed by atoms with Crippen LogP contribution >= 0.6 is 49.6 Å². The number of nitrogens with two attached hydrogens (primary N) is 1. The van der Waals surface area contributed by atoms with Crippen LogP contribution in [0.5, 0.6) is 0 Å². The van der Waals surface area contributed by atoms with Gasteiger partial charge in [0.2, 0.25) is 0 Å². The van der Waals surface area contributed by atoms with E-state index in [1.54, 1.807) is 0 Å². The van der Waals surface area contributed by atoms with Crippen LogP contribution in [0.3, 0.4) is 0 Å². The molecule has 0 spiro atoms. The monoisotopic (exact) mass is 1540 g/mol. The van der Waals surface area contributed by atoms with Gasteiger partial charge in [-0.05, 0) is 235 Å². The van der Waals surface area contributed by atoms with Crippen molar-refractivity contribution < 1.29 is 19.1 Å². The van der Waals surface area contributed by atoms with Crippen LogP contribution in [0.1, 0.15) is 188 Å². The van der Waals surface area contributed by atoms with E-state index >= 15 is 0 Å². The van der Waals surface area contributed by atoms with Crippen LogP contribution in [-0.2, 0) is 48.4 Å². The van der Waals surface area contributed by atoms with E-state index in [1.807, 2.05) is 90.9 Å². The lowest BCUT2D eigenvalue weighted by Crippen LogP contribution is -2.34. The van der Waals surface area contributed by atoms with Gasteiger partial charge in [-0.1, -0.05) is 72.8 Å². The molecule has 574 valence electrons. The van der Waals surface area contributed by atoms with Gasteiger partial charge in [-0.3, -0.25) is 44.6 Å². The number of unbranched alkanes of at least 4 members (excludes halogenated alkanes) is 3. The lowest BCUT2D eigenvalue weighted by molar-refractivity contribution is 0.0514. The number of aryl methyl sites for hydroxylation is 3. The summed E-state index contributed by atoms with van der Waals surface area (Å²) < 4.78 is 10.7. The number of carbonyl (C=O) groups is 2. The molecule has 9 aromatic heterocycles. The first-order chi connectivity index (χ1) is 50.6. The summed E-state index contributed by atoms with van der Waals surface area (Å²) in [6, 6.07) is 45.3. The van der Waals surface area contributed by atoms with Crippen molar-refractivity contribution in [1.29, 1.82) is 0 Å². The summed E-state index contributed by atoms with van der Waals surface area (Å²) in [6.07, 6.45) is 26.8. The topological polar surface area (TPSA) is 237 Å². The third kappa shape index (κ3) is 20.9. The van der Waals surface area contributed by atoms with E-state index in [1.165, 1.54) is 78.0 Å². The van der Waals surface area contributed by atoms with Crippen molar-refractivity contribution in [2.24, 2.45) is 5.73 Å². The molecule has 3 aliphatic rings. The molecule has 23 heteroatoms. The molecule has 2 amide bonds. The number of alkyl carbamates (subject to hydrolysis) is 2. The van der Waals surface area contributed by atoms with Gasteiger partial charge < -0.3 is 40.8 Å². The van der Waals surface area contributed by atoms with Gasteiger partial charge in [0.25, 0.3) is 0 Å². The van der Waals surface area contributed by atoms with Crippen LogP contribution < -0.4 is 16.4 Å². The fourth-order valence-corrected chi connectivity index (χ4v) is 15.6. The summed E-state index contributed by atoms with van der Waals surface area (Å²) >= 11 is 0. The largest absolute Gasteiger partial charge is 0.444 e. The average Bonchev–Trinajstić information content (AvgIpc) is 1.62. The summed E-state index contributed by atoms with van der Waals surface area (Å²) in [5.74, 6) is 0. The number of ether oxygens (including phenoxy) is 2. The zero-order valence-electron chi connectivity index (χ0n) is 63.2. The minimum Gasteiger partial charge on any atom is -0.444 e. The molecular formula is C85H107Cl4N15O4. The first-order valence-corrected chi connectivity index (χ1v) is 37.8. The smallest absolute Gasteiger partial charge is 0.407 e. The van der Waals surface area contributed by atoms with Crippen molar-refractivity contribution in [3.63, 3.8) is 0 Å². The van der Waals surface area contributed by atoms with Crippen LogP contribution in [0, 0.1) is 0 Å². The van der Waals surface area contributed by atoms with E-state index in [4.69, 9.17) is 45.1 Å². The van der Waals surface area contributed by atoms with Crippen molar-refractivity contribution in [3.8, 4) is 0 Å². The van der Waals surface area contributed by atoms with Crippen molar-refractivity contribution in [3.05, 3.63) is 215 Å². The van der Waals surface area contributed by atoms with Crippen LogP contribution in [0.4, 0.5) is 9.59 Å². The zero-order chi connectivity index (χ0) is 72.0. The lowest BCUT2D eigenvalue weighted by atomic mass is 9.90. The van der Waals surface area contributed by atoms with E-state index in [2.05, 4.69) is 156 Å². The molecule has 3 unspecified atom stereocenters. The molecule has 15 rings (SSSR count). The third-order valence-corrected chi connectivity index (χ3v) is 20.4. The van der Waals surface area contributed by atoms with Crippen LogP contribution in [0.2, 0.25) is 0 Å². The van der Waals surface area contributed by atoms with Crippen LogP contribution in [-0.4, -0.2) is 122 Å². The highest BCUT2D eigenvalue weighted by Gasteiger charge is 2.32. The second kappa shape index (κ2) is 39.2. The summed E-state index contributed by atoms with van der Waals surface area (Å²) in [5.41, 5.74) is 22.6. The van der Waals surface area contributed by atoms with E-state index < -0.39 is 11.2 Å². The summed E-state index contributed by atoms with van der Waals surface area (Å²) in [7, 11) is 0. The number of H-pyrrole nitrogens is 3. The number of nitrogens with one attached hydrogen (secondary N) is 5. The van der Waals surface area contributed by atoms with Crippen LogP contribution in [0.25, 0.3) is 65.4 Å². The number of hydrogen-bond acceptors (Lipinski definition) is 14. The summed E-state index contributed by atoms with van der Waals surface area (Å²) in [5, 5.41) is 13.2. The number of fused-ring (bicyclic) bond motifs is 12. The minimum atomic E-state index is -0.487. The minimum absolute atomic E-state index is 0. The van der Waals surface area contributed by atoms with Gasteiger partial charge in [-0.2, -0.15) is 0 Å². The normalized spacial score (nSPS) is 15.3. The Hall–Kier alpha value is -8.50. The van der Waals surface area contributed by atoms with Gasteiger partial charge in [0, 0.05) is 119 Å². The highest BCUT2D eigenvalue weighted by molar-refractivity contribution is 6.09.